The van der Waals surface area contributed by atoms with Gasteiger partial charge in [-0.25, -0.2) is 4.68 Å². The summed E-state index contributed by atoms with van der Waals surface area (Å²) in [7, 11) is 1.39. The summed E-state index contributed by atoms with van der Waals surface area (Å²) in [6, 6.07) is 6.52. The number of aromatic nitrogens is 5. The molecule has 0 spiro atoms. The lowest BCUT2D eigenvalue weighted by atomic mass is 10.2. The summed E-state index contributed by atoms with van der Waals surface area (Å²) < 4.78 is 8.17. The third kappa shape index (κ3) is 3.16. The summed E-state index contributed by atoms with van der Waals surface area (Å²) in [5.41, 5.74) is 2.16. The van der Waals surface area contributed by atoms with Crippen LogP contribution in [0.25, 0.3) is 5.95 Å². The topological polar surface area (TPSA) is 113 Å². The molecule has 0 radical (unpaired) electrons. The van der Waals surface area contributed by atoms with Gasteiger partial charge in [-0.3, -0.25) is 10.1 Å². The summed E-state index contributed by atoms with van der Waals surface area (Å²) >= 11 is 0. The fraction of sp³-hybridized carbons (Fsp3) is 0.250. The Bertz CT molecular complexity index is 1000. The summed E-state index contributed by atoms with van der Waals surface area (Å²) in [6.07, 6.45) is 1.50. The Kier molecular flexibility index (Phi) is 4.48. The number of hydrogen-bond donors (Lipinski definition) is 0. The minimum Gasteiger partial charge on any atom is -0.490 e. The summed E-state index contributed by atoms with van der Waals surface area (Å²) in [6.45, 7) is 5.55. The van der Waals surface area contributed by atoms with E-state index in [-0.39, 0.29) is 11.4 Å². The van der Waals surface area contributed by atoms with Crippen LogP contribution in [0.4, 0.5) is 5.69 Å². The molecule has 0 aliphatic heterocycles. The first kappa shape index (κ1) is 17.3. The van der Waals surface area contributed by atoms with E-state index in [2.05, 4.69) is 20.4 Å². The van der Waals surface area contributed by atoms with Gasteiger partial charge in [-0.05, 0) is 39.0 Å². The second kappa shape index (κ2) is 6.75. The molecule has 0 saturated carbocycles. The Labute approximate surface area is 148 Å². The van der Waals surface area contributed by atoms with E-state index in [4.69, 9.17) is 4.74 Å². The average Bonchev–Trinajstić information content (AvgIpc) is 3.13. The van der Waals surface area contributed by atoms with Crippen LogP contribution in [0, 0.1) is 30.9 Å². The van der Waals surface area contributed by atoms with E-state index in [1.165, 1.54) is 30.1 Å². The molecule has 2 aromatic heterocycles. The first-order valence-electron chi connectivity index (χ1n) is 7.73. The van der Waals surface area contributed by atoms with Crippen molar-refractivity contribution in [2.45, 2.75) is 20.8 Å². The number of methoxy groups -OCH3 is 1. The van der Waals surface area contributed by atoms with E-state index in [1.807, 2.05) is 19.9 Å². The minimum atomic E-state index is -0.499. The number of benzene rings is 1. The maximum Gasteiger partial charge on any atom is 0.311 e. The van der Waals surface area contributed by atoms with Crippen molar-refractivity contribution in [1.29, 1.82) is 0 Å². The number of nitro benzene ring substituents is 1. The smallest absolute Gasteiger partial charge is 0.311 e. The van der Waals surface area contributed by atoms with Crippen LogP contribution in [0.3, 0.4) is 0 Å². The van der Waals surface area contributed by atoms with Crippen molar-refractivity contribution in [2.75, 3.05) is 7.11 Å². The van der Waals surface area contributed by atoms with Crippen molar-refractivity contribution in [1.82, 2.24) is 24.7 Å². The minimum absolute atomic E-state index is 0.129. The zero-order valence-electron chi connectivity index (χ0n) is 14.7. The SMILES string of the molecule is COc1ccc(/C=N/n2c(C)nnc2-n2nc(C)cc2C)cc1[N+](=O)[O-]. The molecule has 3 rings (SSSR count). The van der Waals surface area contributed by atoms with E-state index in [9.17, 15) is 10.1 Å². The monoisotopic (exact) mass is 355 g/mol. The fourth-order valence-electron chi connectivity index (χ4n) is 2.50. The normalized spacial score (nSPS) is 11.2. The predicted octanol–water partition coefficient (Wildman–Crippen LogP) is 2.19. The Hall–Kier alpha value is -3.56. The first-order valence-corrected chi connectivity index (χ1v) is 7.73. The van der Waals surface area contributed by atoms with Crippen LogP contribution >= 0.6 is 0 Å². The number of nitro groups is 1. The highest BCUT2D eigenvalue weighted by atomic mass is 16.6. The van der Waals surface area contributed by atoms with Gasteiger partial charge in [0, 0.05) is 17.3 Å². The zero-order valence-corrected chi connectivity index (χ0v) is 14.7. The number of aryl methyl sites for hydroxylation is 3. The van der Waals surface area contributed by atoms with Gasteiger partial charge >= 0.3 is 5.69 Å². The maximum absolute atomic E-state index is 11.1. The molecule has 134 valence electrons. The van der Waals surface area contributed by atoms with Gasteiger partial charge in [-0.15, -0.1) is 10.2 Å². The highest BCUT2D eigenvalue weighted by Crippen LogP contribution is 2.27. The molecule has 0 aliphatic rings. The van der Waals surface area contributed by atoms with Gasteiger partial charge in [0.1, 0.15) is 0 Å². The van der Waals surface area contributed by atoms with Gasteiger partial charge < -0.3 is 4.74 Å². The van der Waals surface area contributed by atoms with Gasteiger partial charge in [-0.2, -0.15) is 14.9 Å². The van der Waals surface area contributed by atoms with Gasteiger partial charge in [0.2, 0.25) is 0 Å². The molecule has 0 aliphatic carbocycles. The van der Waals surface area contributed by atoms with Crippen molar-refractivity contribution in [3.05, 3.63) is 57.2 Å². The predicted molar refractivity (Wildman–Crippen MR) is 94.0 cm³/mol. The molecule has 0 N–H and O–H groups in total. The van der Waals surface area contributed by atoms with E-state index in [0.29, 0.717) is 17.3 Å². The van der Waals surface area contributed by atoms with E-state index < -0.39 is 4.92 Å². The quantitative estimate of drug-likeness (QED) is 0.394. The largest absolute Gasteiger partial charge is 0.490 e. The van der Waals surface area contributed by atoms with Crippen molar-refractivity contribution in [3.8, 4) is 11.7 Å². The summed E-state index contributed by atoms with van der Waals surface area (Å²) in [5.74, 6) is 1.19. The van der Waals surface area contributed by atoms with Crippen LogP contribution in [0.1, 0.15) is 22.8 Å². The van der Waals surface area contributed by atoms with Gasteiger partial charge in [0.25, 0.3) is 5.95 Å². The van der Waals surface area contributed by atoms with Crippen LogP contribution in [-0.4, -0.2) is 42.9 Å². The van der Waals surface area contributed by atoms with Crippen molar-refractivity contribution >= 4 is 11.9 Å². The maximum atomic E-state index is 11.1. The molecule has 2 heterocycles. The molecule has 0 unspecified atom stereocenters. The van der Waals surface area contributed by atoms with Gasteiger partial charge in [-0.1, -0.05) is 0 Å². The Morgan fingerprint density at radius 2 is 2.00 bits per heavy atom. The lowest BCUT2D eigenvalue weighted by Gasteiger charge is -2.04. The standard InChI is InChI=1S/C16H17N7O3/c1-10-7-11(2)21(20-10)16-19-18-12(3)22(16)17-9-13-5-6-15(26-4)14(8-13)23(24)25/h5-9H,1-4H3/b17-9+. The summed E-state index contributed by atoms with van der Waals surface area (Å²) in [4.78, 5) is 10.6. The first-order chi connectivity index (χ1) is 12.4. The highest BCUT2D eigenvalue weighted by molar-refractivity contribution is 5.81. The van der Waals surface area contributed by atoms with Crippen LogP contribution < -0.4 is 4.74 Å². The molecule has 0 fully saturated rings. The number of ether oxygens (including phenoxy) is 1. The second-order valence-electron chi connectivity index (χ2n) is 5.63. The zero-order chi connectivity index (χ0) is 18.8. The van der Waals surface area contributed by atoms with Crippen molar-refractivity contribution < 1.29 is 9.66 Å². The third-order valence-corrected chi connectivity index (χ3v) is 3.70. The van der Waals surface area contributed by atoms with E-state index in [1.54, 1.807) is 17.7 Å². The molecule has 0 bridgehead atoms. The lowest BCUT2D eigenvalue weighted by Crippen LogP contribution is -2.08. The Balaban J connectivity index is 2.00. The van der Waals surface area contributed by atoms with Crippen molar-refractivity contribution in [3.63, 3.8) is 0 Å². The number of hydrogen-bond acceptors (Lipinski definition) is 7. The van der Waals surface area contributed by atoms with Gasteiger partial charge in [0.15, 0.2) is 11.6 Å². The molecule has 0 amide bonds. The number of rotatable bonds is 5. The molecule has 10 nitrogen and oxygen atoms in total. The molecular formula is C16H17N7O3. The average molecular weight is 355 g/mol. The van der Waals surface area contributed by atoms with Crippen LogP contribution in [-0.2, 0) is 0 Å². The van der Waals surface area contributed by atoms with E-state index >= 15 is 0 Å². The fourth-order valence-corrected chi connectivity index (χ4v) is 2.50. The molecule has 3 aromatic rings. The molecular weight excluding hydrogens is 338 g/mol. The van der Waals surface area contributed by atoms with Crippen LogP contribution in [0.5, 0.6) is 5.75 Å². The third-order valence-electron chi connectivity index (χ3n) is 3.70. The molecule has 0 atom stereocenters. The van der Waals surface area contributed by atoms with Crippen LogP contribution in [0.2, 0.25) is 0 Å². The molecule has 1 aromatic carbocycles. The lowest BCUT2D eigenvalue weighted by molar-refractivity contribution is -0.385. The molecule has 26 heavy (non-hydrogen) atoms. The van der Waals surface area contributed by atoms with Crippen molar-refractivity contribution in [2.24, 2.45) is 5.10 Å². The van der Waals surface area contributed by atoms with Gasteiger partial charge in [0.05, 0.1) is 23.9 Å². The molecule has 10 heteroatoms. The van der Waals surface area contributed by atoms with E-state index in [0.717, 1.165) is 11.4 Å². The number of nitrogens with zero attached hydrogens (tertiary/aromatic N) is 7. The van der Waals surface area contributed by atoms with Crippen LogP contribution in [0.15, 0.2) is 29.4 Å². The molecule has 0 saturated heterocycles. The Morgan fingerprint density at radius 3 is 2.62 bits per heavy atom. The summed E-state index contributed by atoms with van der Waals surface area (Å²) in [5, 5.41) is 28.0. The highest BCUT2D eigenvalue weighted by Gasteiger charge is 2.16. The second-order valence-corrected chi connectivity index (χ2v) is 5.63. The Morgan fingerprint density at radius 1 is 1.23 bits per heavy atom.